The Balaban J connectivity index is 1.37. The van der Waals surface area contributed by atoms with Gasteiger partial charge in [-0.15, -0.1) is 0 Å². The highest BCUT2D eigenvalue weighted by molar-refractivity contribution is 5.89. The molecule has 1 N–H and O–H groups in total. The van der Waals surface area contributed by atoms with Crippen molar-refractivity contribution in [3.63, 3.8) is 0 Å². The molecule has 1 heterocycles. The SMILES string of the molecule is O=C(COC(=O)/C=C/c1cccc(F)c1)NCCc1ccc2c(c1)OCCO2. The van der Waals surface area contributed by atoms with Gasteiger partial charge in [-0.1, -0.05) is 18.2 Å². The van der Waals surface area contributed by atoms with Crippen molar-refractivity contribution in [2.24, 2.45) is 0 Å². The van der Waals surface area contributed by atoms with Gasteiger partial charge in [0.15, 0.2) is 18.1 Å². The van der Waals surface area contributed by atoms with Crippen molar-refractivity contribution in [3.8, 4) is 11.5 Å². The molecule has 3 rings (SSSR count). The highest BCUT2D eigenvalue weighted by Gasteiger charge is 2.12. The van der Waals surface area contributed by atoms with E-state index in [1.165, 1.54) is 24.3 Å². The number of nitrogens with one attached hydrogen (secondary N) is 1. The molecule has 0 bridgehead atoms. The second kappa shape index (κ2) is 9.55. The van der Waals surface area contributed by atoms with Crippen LogP contribution in [0, 0.1) is 5.82 Å². The van der Waals surface area contributed by atoms with E-state index in [-0.39, 0.29) is 6.61 Å². The Morgan fingerprint density at radius 1 is 1.11 bits per heavy atom. The van der Waals surface area contributed by atoms with Crippen LogP contribution in [-0.2, 0) is 20.7 Å². The van der Waals surface area contributed by atoms with Gasteiger partial charge < -0.3 is 19.5 Å². The standard InChI is InChI=1S/C21H20FNO5/c22-17-3-1-2-15(12-17)5-7-21(25)28-14-20(24)23-9-8-16-4-6-18-19(13-16)27-11-10-26-18/h1-7,12-13H,8-11,14H2,(H,23,24)/b7-5+. The Morgan fingerprint density at radius 2 is 1.93 bits per heavy atom. The summed E-state index contributed by atoms with van der Waals surface area (Å²) in [7, 11) is 0. The average Bonchev–Trinajstić information content (AvgIpc) is 2.71. The molecule has 0 spiro atoms. The quantitative estimate of drug-likeness (QED) is 0.586. The summed E-state index contributed by atoms with van der Waals surface area (Å²) >= 11 is 0. The molecule has 7 heteroatoms. The molecule has 0 aromatic heterocycles. The number of hydrogen-bond donors (Lipinski definition) is 1. The summed E-state index contributed by atoms with van der Waals surface area (Å²) in [5.74, 6) is -0.0458. The highest BCUT2D eigenvalue weighted by atomic mass is 19.1. The molecule has 1 amide bonds. The number of amides is 1. The van der Waals surface area contributed by atoms with Crippen molar-refractivity contribution in [2.45, 2.75) is 6.42 Å². The van der Waals surface area contributed by atoms with E-state index in [1.807, 2.05) is 18.2 Å². The number of hydrogen-bond acceptors (Lipinski definition) is 5. The lowest BCUT2D eigenvalue weighted by atomic mass is 10.1. The van der Waals surface area contributed by atoms with Gasteiger partial charge in [0.2, 0.25) is 0 Å². The fourth-order valence-corrected chi connectivity index (χ4v) is 2.60. The van der Waals surface area contributed by atoms with Gasteiger partial charge in [-0.3, -0.25) is 4.79 Å². The minimum absolute atomic E-state index is 0.381. The normalized spacial score (nSPS) is 12.6. The molecular formula is C21H20FNO5. The molecule has 6 nitrogen and oxygen atoms in total. The van der Waals surface area contributed by atoms with Crippen LogP contribution >= 0.6 is 0 Å². The van der Waals surface area contributed by atoms with Crippen molar-refractivity contribution in [3.05, 3.63) is 65.5 Å². The summed E-state index contributed by atoms with van der Waals surface area (Å²) < 4.78 is 28.9. The number of carbonyl (C=O) groups excluding carboxylic acids is 2. The lowest BCUT2D eigenvalue weighted by Crippen LogP contribution is -2.30. The Morgan fingerprint density at radius 3 is 2.75 bits per heavy atom. The third kappa shape index (κ3) is 5.84. The summed E-state index contributed by atoms with van der Waals surface area (Å²) in [6.45, 7) is 1.08. The molecule has 0 atom stereocenters. The van der Waals surface area contributed by atoms with E-state index in [2.05, 4.69) is 5.32 Å². The van der Waals surface area contributed by atoms with Gasteiger partial charge in [0.25, 0.3) is 5.91 Å². The lowest BCUT2D eigenvalue weighted by Gasteiger charge is -2.18. The Kier molecular flexibility index (Phi) is 6.62. The first kappa shape index (κ1) is 19.4. The molecule has 0 saturated carbocycles. The Labute approximate surface area is 161 Å². The number of benzene rings is 2. The van der Waals surface area contributed by atoms with Crippen molar-refractivity contribution in [2.75, 3.05) is 26.4 Å². The van der Waals surface area contributed by atoms with Crippen LogP contribution in [0.4, 0.5) is 4.39 Å². The molecule has 2 aromatic carbocycles. The van der Waals surface area contributed by atoms with Crippen LogP contribution in [0.25, 0.3) is 6.08 Å². The van der Waals surface area contributed by atoms with E-state index >= 15 is 0 Å². The molecule has 0 aliphatic carbocycles. The number of esters is 1. The third-order valence-corrected chi connectivity index (χ3v) is 3.95. The molecule has 0 saturated heterocycles. The van der Waals surface area contributed by atoms with E-state index in [0.717, 1.165) is 17.4 Å². The van der Waals surface area contributed by atoms with Gasteiger partial charge in [-0.25, -0.2) is 9.18 Å². The fourth-order valence-electron chi connectivity index (χ4n) is 2.60. The molecule has 0 unspecified atom stereocenters. The number of carbonyl (C=O) groups is 2. The number of halogens is 1. The zero-order valence-corrected chi connectivity index (χ0v) is 15.2. The predicted molar refractivity (Wildman–Crippen MR) is 101 cm³/mol. The summed E-state index contributed by atoms with van der Waals surface area (Å²) in [5.41, 5.74) is 1.53. The first-order valence-corrected chi connectivity index (χ1v) is 8.86. The van der Waals surface area contributed by atoms with E-state index in [4.69, 9.17) is 14.2 Å². The zero-order chi connectivity index (χ0) is 19.8. The van der Waals surface area contributed by atoms with Crippen LogP contribution in [0.5, 0.6) is 11.5 Å². The number of fused-ring (bicyclic) bond motifs is 1. The molecule has 0 radical (unpaired) electrons. The maximum Gasteiger partial charge on any atom is 0.331 e. The van der Waals surface area contributed by atoms with E-state index < -0.39 is 17.7 Å². The first-order chi connectivity index (χ1) is 13.6. The predicted octanol–water partition coefficient (Wildman–Crippen LogP) is 2.51. The second-order valence-electron chi connectivity index (χ2n) is 6.07. The van der Waals surface area contributed by atoms with Crippen molar-refractivity contribution >= 4 is 18.0 Å². The smallest absolute Gasteiger partial charge is 0.331 e. The molecule has 146 valence electrons. The van der Waals surface area contributed by atoms with Gasteiger partial charge >= 0.3 is 5.97 Å². The van der Waals surface area contributed by atoms with Crippen LogP contribution in [0.1, 0.15) is 11.1 Å². The number of ether oxygens (including phenoxy) is 3. The topological polar surface area (TPSA) is 73.9 Å². The van der Waals surface area contributed by atoms with Crippen molar-refractivity contribution < 1.29 is 28.2 Å². The van der Waals surface area contributed by atoms with E-state index in [0.29, 0.717) is 37.5 Å². The molecule has 28 heavy (non-hydrogen) atoms. The van der Waals surface area contributed by atoms with Gasteiger partial charge in [-0.05, 0) is 47.9 Å². The monoisotopic (exact) mass is 385 g/mol. The minimum atomic E-state index is -0.675. The molecule has 1 aliphatic heterocycles. The summed E-state index contributed by atoms with van der Waals surface area (Å²) in [4.78, 5) is 23.4. The van der Waals surface area contributed by atoms with E-state index in [1.54, 1.807) is 6.07 Å². The number of rotatable bonds is 7. The molecule has 0 fully saturated rings. The minimum Gasteiger partial charge on any atom is -0.486 e. The average molecular weight is 385 g/mol. The largest absolute Gasteiger partial charge is 0.486 e. The lowest BCUT2D eigenvalue weighted by molar-refractivity contribution is -0.143. The molecule has 1 aliphatic rings. The third-order valence-electron chi connectivity index (χ3n) is 3.95. The Hall–Kier alpha value is -3.35. The molecule has 2 aromatic rings. The van der Waals surface area contributed by atoms with Crippen LogP contribution < -0.4 is 14.8 Å². The van der Waals surface area contributed by atoms with Gasteiger partial charge in [0.05, 0.1) is 0 Å². The summed E-state index contributed by atoms with van der Waals surface area (Å²) in [6, 6.07) is 11.4. The maximum atomic E-state index is 13.1. The van der Waals surface area contributed by atoms with Crippen LogP contribution in [0.15, 0.2) is 48.5 Å². The van der Waals surface area contributed by atoms with E-state index in [9.17, 15) is 14.0 Å². The summed E-state index contributed by atoms with van der Waals surface area (Å²) in [5, 5.41) is 2.69. The van der Waals surface area contributed by atoms with Gasteiger partial charge in [-0.2, -0.15) is 0 Å². The molecular weight excluding hydrogens is 365 g/mol. The van der Waals surface area contributed by atoms with Crippen molar-refractivity contribution in [1.29, 1.82) is 0 Å². The van der Waals surface area contributed by atoms with Gasteiger partial charge in [0, 0.05) is 12.6 Å². The maximum absolute atomic E-state index is 13.1. The van der Waals surface area contributed by atoms with Crippen LogP contribution in [-0.4, -0.2) is 38.2 Å². The highest BCUT2D eigenvalue weighted by Crippen LogP contribution is 2.30. The summed E-state index contributed by atoms with van der Waals surface area (Å²) in [6.07, 6.45) is 3.18. The zero-order valence-electron chi connectivity index (χ0n) is 15.2. The van der Waals surface area contributed by atoms with Gasteiger partial charge in [0.1, 0.15) is 19.0 Å². The Bertz CT molecular complexity index is 881. The first-order valence-electron chi connectivity index (χ1n) is 8.86. The second-order valence-corrected chi connectivity index (χ2v) is 6.07. The van der Waals surface area contributed by atoms with Crippen molar-refractivity contribution in [1.82, 2.24) is 5.32 Å². The fraction of sp³-hybridized carbons (Fsp3) is 0.238. The van der Waals surface area contributed by atoms with Crippen LogP contribution in [0.2, 0.25) is 0 Å². The van der Waals surface area contributed by atoms with Crippen LogP contribution in [0.3, 0.4) is 0 Å².